The van der Waals surface area contributed by atoms with E-state index < -0.39 is 10.0 Å². The van der Waals surface area contributed by atoms with E-state index in [1.54, 1.807) is 6.07 Å². The highest BCUT2D eigenvalue weighted by atomic mass is 32.2. The van der Waals surface area contributed by atoms with Gasteiger partial charge in [-0.1, -0.05) is 19.9 Å². The van der Waals surface area contributed by atoms with E-state index in [1.807, 2.05) is 18.0 Å². The second kappa shape index (κ2) is 5.79. The number of hydrogen-bond donors (Lipinski definition) is 1. The maximum atomic E-state index is 12.2. The first-order chi connectivity index (χ1) is 8.67. The quantitative estimate of drug-likeness (QED) is 0.835. The van der Waals surface area contributed by atoms with Gasteiger partial charge >= 0.3 is 0 Å². The normalized spacial score (nSPS) is 12.2. The van der Waals surface area contributed by atoms with E-state index in [-0.39, 0.29) is 4.90 Å². The zero-order valence-corrected chi connectivity index (χ0v) is 13.0. The molecule has 0 aromatic heterocycles. The molecule has 0 unspecified atom stereocenters. The molecule has 0 saturated carbocycles. The van der Waals surface area contributed by atoms with Gasteiger partial charge in [0.25, 0.3) is 0 Å². The fraction of sp³-hybridized carbons (Fsp3) is 0.538. The first kappa shape index (κ1) is 15.8. The molecule has 1 rings (SSSR count). The fourth-order valence-electron chi connectivity index (χ4n) is 1.93. The lowest BCUT2D eigenvalue weighted by molar-refractivity contribution is 0.521. The molecular weight excluding hydrogens is 262 g/mol. The van der Waals surface area contributed by atoms with Crippen molar-refractivity contribution in [2.75, 3.05) is 38.3 Å². The minimum Gasteiger partial charge on any atom is -0.396 e. The summed E-state index contributed by atoms with van der Waals surface area (Å²) in [5.74, 6) is 0.471. The molecule has 0 heterocycles. The average Bonchev–Trinajstić information content (AvgIpc) is 2.27. The summed E-state index contributed by atoms with van der Waals surface area (Å²) < 4.78 is 25.5. The highest BCUT2D eigenvalue weighted by Crippen LogP contribution is 2.30. The molecule has 1 aromatic rings. The van der Waals surface area contributed by atoms with Crippen molar-refractivity contribution in [3.63, 3.8) is 0 Å². The predicted octanol–water partition coefficient (Wildman–Crippen LogP) is 1.61. The van der Waals surface area contributed by atoms with Crippen LogP contribution in [-0.4, -0.2) is 40.4 Å². The maximum Gasteiger partial charge on any atom is 0.244 e. The van der Waals surface area contributed by atoms with E-state index in [2.05, 4.69) is 13.8 Å². The van der Waals surface area contributed by atoms with Gasteiger partial charge in [-0.2, -0.15) is 0 Å². The summed E-state index contributed by atoms with van der Waals surface area (Å²) in [5, 5.41) is 0. The second-order valence-corrected chi connectivity index (χ2v) is 7.37. The van der Waals surface area contributed by atoms with Crippen LogP contribution in [0.3, 0.4) is 0 Å². The maximum absolute atomic E-state index is 12.2. The Hall–Kier alpha value is -1.27. The minimum absolute atomic E-state index is 0.158. The van der Waals surface area contributed by atoms with Gasteiger partial charge in [-0.15, -0.1) is 0 Å². The molecule has 0 aliphatic heterocycles. The summed E-state index contributed by atoms with van der Waals surface area (Å²) in [6.07, 6.45) is 0. The molecule has 0 radical (unpaired) electrons. The molecule has 0 aliphatic carbocycles. The lowest BCUT2D eigenvalue weighted by atomic mass is 10.2. The Morgan fingerprint density at radius 1 is 1.21 bits per heavy atom. The summed E-state index contributed by atoms with van der Waals surface area (Å²) in [7, 11) is 1.40. The van der Waals surface area contributed by atoms with Gasteiger partial charge in [0.2, 0.25) is 10.0 Å². The van der Waals surface area contributed by atoms with Crippen molar-refractivity contribution < 1.29 is 8.42 Å². The van der Waals surface area contributed by atoms with Gasteiger partial charge < -0.3 is 10.6 Å². The molecule has 0 spiro atoms. The van der Waals surface area contributed by atoms with E-state index in [1.165, 1.54) is 24.5 Å². The minimum atomic E-state index is -3.51. The van der Waals surface area contributed by atoms with Crippen LogP contribution in [0.15, 0.2) is 23.1 Å². The van der Waals surface area contributed by atoms with Gasteiger partial charge in [-0.05, 0) is 18.1 Å². The lowest BCUT2D eigenvalue weighted by Crippen LogP contribution is -2.26. The highest BCUT2D eigenvalue weighted by Gasteiger charge is 2.22. The Morgan fingerprint density at radius 3 is 2.26 bits per heavy atom. The van der Waals surface area contributed by atoms with E-state index in [9.17, 15) is 8.42 Å². The van der Waals surface area contributed by atoms with Crippen LogP contribution in [0.1, 0.15) is 13.8 Å². The first-order valence-corrected chi connectivity index (χ1v) is 7.64. The molecule has 19 heavy (non-hydrogen) atoms. The van der Waals surface area contributed by atoms with Crippen molar-refractivity contribution in [2.24, 2.45) is 5.92 Å². The molecule has 1 aromatic carbocycles. The molecule has 0 fully saturated rings. The van der Waals surface area contributed by atoms with Crippen LogP contribution in [-0.2, 0) is 10.0 Å². The Morgan fingerprint density at radius 2 is 1.79 bits per heavy atom. The highest BCUT2D eigenvalue weighted by molar-refractivity contribution is 7.89. The fourth-order valence-corrected chi connectivity index (χ4v) is 2.96. The number of benzene rings is 1. The molecule has 0 saturated heterocycles. The topological polar surface area (TPSA) is 66.6 Å². The standard InChI is InChI=1S/C13H23N3O2S/c1-10(2)9-16(5)11-7-6-8-12(13(11)14)19(17,18)15(3)4/h6-8,10H,9,14H2,1-5H3. The monoisotopic (exact) mass is 285 g/mol. The smallest absolute Gasteiger partial charge is 0.244 e. The number of nitrogens with zero attached hydrogens (tertiary/aromatic N) is 2. The lowest BCUT2D eigenvalue weighted by Gasteiger charge is -2.24. The summed E-state index contributed by atoms with van der Waals surface area (Å²) in [4.78, 5) is 2.14. The Labute approximate surface area is 116 Å². The molecule has 0 aliphatic rings. The van der Waals surface area contributed by atoms with Gasteiger partial charge in [0.1, 0.15) is 4.90 Å². The number of rotatable bonds is 5. The number of anilines is 2. The van der Waals surface area contributed by atoms with Gasteiger partial charge in [0.15, 0.2) is 0 Å². The van der Waals surface area contributed by atoms with Crippen LogP contribution in [0.4, 0.5) is 11.4 Å². The number of para-hydroxylation sites is 1. The second-order valence-electron chi connectivity index (χ2n) is 5.25. The largest absolute Gasteiger partial charge is 0.396 e. The molecule has 108 valence electrons. The van der Waals surface area contributed by atoms with Crippen LogP contribution < -0.4 is 10.6 Å². The SMILES string of the molecule is CC(C)CN(C)c1cccc(S(=O)(=O)N(C)C)c1N. The van der Waals surface area contributed by atoms with Crippen LogP contribution in [0, 0.1) is 5.92 Å². The van der Waals surface area contributed by atoms with Crippen molar-refractivity contribution in [2.45, 2.75) is 18.7 Å². The molecule has 0 bridgehead atoms. The Bertz CT molecular complexity index is 539. The summed E-state index contributed by atoms with van der Waals surface area (Å²) in [6, 6.07) is 5.10. The third-order valence-electron chi connectivity index (χ3n) is 2.85. The molecule has 0 amide bonds. The van der Waals surface area contributed by atoms with Gasteiger partial charge in [0, 0.05) is 27.7 Å². The van der Waals surface area contributed by atoms with Crippen molar-refractivity contribution >= 4 is 21.4 Å². The van der Waals surface area contributed by atoms with Gasteiger partial charge in [0.05, 0.1) is 11.4 Å². The summed E-state index contributed by atoms with van der Waals surface area (Å²) >= 11 is 0. The van der Waals surface area contributed by atoms with E-state index >= 15 is 0 Å². The van der Waals surface area contributed by atoms with Crippen molar-refractivity contribution in [3.05, 3.63) is 18.2 Å². The number of sulfonamides is 1. The van der Waals surface area contributed by atoms with Gasteiger partial charge in [-0.3, -0.25) is 0 Å². The average molecular weight is 285 g/mol. The van der Waals surface area contributed by atoms with Crippen LogP contribution in [0.2, 0.25) is 0 Å². The summed E-state index contributed by atoms with van der Waals surface area (Å²) in [5.41, 5.74) is 7.09. The van der Waals surface area contributed by atoms with Crippen molar-refractivity contribution in [3.8, 4) is 0 Å². The third kappa shape index (κ3) is 3.39. The number of hydrogen-bond acceptors (Lipinski definition) is 4. The predicted molar refractivity (Wildman–Crippen MR) is 79.8 cm³/mol. The molecule has 6 heteroatoms. The number of nitrogens with two attached hydrogens (primary N) is 1. The van der Waals surface area contributed by atoms with Crippen LogP contribution >= 0.6 is 0 Å². The molecular formula is C13H23N3O2S. The zero-order chi connectivity index (χ0) is 14.8. The van der Waals surface area contributed by atoms with E-state index in [4.69, 9.17) is 5.73 Å². The van der Waals surface area contributed by atoms with Crippen LogP contribution in [0.5, 0.6) is 0 Å². The molecule has 0 atom stereocenters. The van der Waals surface area contributed by atoms with Crippen molar-refractivity contribution in [1.29, 1.82) is 0 Å². The van der Waals surface area contributed by atoms with Crippen molar-refractivity contribution in [1.82, 2.24) is 4.31 Å². The van der Waals surface area contributed by atoms with Crippen LogP contribution in [0.25, 0.3) is 0 Å². The third-order valence-corrected chi connectivity index (χ3v) is 4.73. The zero-order valence-electron chi connectivity index (χ0n) is 12.2. The first-order valence-electron chi connectivity index (χ1n) is 6.20. The summed E-state index contributed by atoms with van der Waals surface area (Å²) in [6.45, 7) is 5.02. The Balaban J connectivity index is 3.27. The van der Waals surface area contributed by atoms with E-state index in [0.29, 0.717) is 11.6 Å². The Kier molecular flexibility index (Phi) is 4.81. The molecule has 5 nitrogen and oxygen atoms in total. The van der Waals surface area contributed by atoms with Gasteiger partial charge in [-0.25, -0.2) is 12.7 Å². The molecule has 2 N–H and O–H groups in total. The van der Waals surface area contributed by atoms with E-state index in [0.717, 1.165) is 12.2 Å². The number of nitrogen functional groups attached to an aromatic ring is 1.